The lowest BCUT2D eigenvalue weighted by atomic mass is 9.84. The summed E-state index contributed by atoms with van der Waals surface area (Å²) in [5.74, 6) is -0.335. The van der Waals surface area contributed by atoms with Crippen molar-refractivity contribution in [1.82, 2.24) is 4.90 Å². The van der Waals surface area contributed by atoms with Crippen molar-refractivity contribution >= 4 is 27.5 Å². The molecule has 1 heterocycles. The Morgan fingerprint density at radius 3 is 2.52 bits per heavy atom. The molecule has 2 aliphatic rings. The molecule has 1 saturated heterocycles. The van der Waals surface area contributed by atoms with Gasteiger partial charge in [-0.3, -0.25) is 9.59 Å². The van der Waals surface area contributed by atoms with Crippen molar-refractivity contribution in [1.29, 1.82) is 0 Å². The molecular formula is C23H27N3O4S. The Morgan fingerprint density at radius 1 is 1.03 bits per heavy atom. The predicted octanol–water partition coefficient (Wildman–Crippen LogP) is 2.89. The van der Waals surface area contributed by atoms with Gasteiger partial charge in [0.2, 0.25) is 15.9 Å². The van der Waals surface area contributed by atoms with Crippen LogP contribution in [0.2, 0.25) is 0 Å². The van der Waals surface area contributed by atoms with E-state index < -0.39 is 16.1 Å². The highest BCUT2D eigenvalue weighted by molar-refractivity contribution is 7.88. The predicted molar refractivity (Wildman–Crippen MR) is 119 cm³/mol. The number of benzene rings is 2. The summed E-state index contributed by atoms with van der Waals surface area (Å²) in [6, 6.07) is 15.2. The molecule has 2 fully saturated rings. The summed E-state index contributed by atoms with van der Waals surface area (Å²) >= 11 is 0. The largest absolute Gasteiger partial charge is 0.324 e. The lowest BCUT2D eigenvalue weighted by Crippen LogP contribution is -2.47. The number of sulfonamides is 1. The van der Waals surface area contributed by atoms with Gasteiger partial charge in [0.1, 0.15) is 6.04 Å². The zero-order valence-corrected chi connectivity index (χ0v) is 18.1. The molecule has 7 nitrogen and oxygen atoms in total. The number of hydrogen-bond acceptors (Lipinski definition) is 4. The number of hydrogen-bond donors (Lipinski definition) is 2. The van der Waals surface area contributed by atoms with Crippen LogP contribution in [0.1, 0.15) is 48.0 Å². The normalized spacial score (nSPS) is 23.3. The molecule has 0 spiro atoms. The second-order valence-electron chi connectivity index (χ2n) is 8.44. The third-order valence-electron chi connectivity index (χ3n) is 6.21. The Bertz CT molecular complexity index is 1070. The third-order valence-corrected chi connectivity index (χ3v) is 6.94. The number of primary sulfonamides is 1. The molecule has 1 aliphatic carbocycles. The molecule has 3 unspecified atom stereocenters. The van der Waals surface area contributed by atoms with Crippen LogP contribution in [0.3, 0.4) is 0 Å². The summed E-state index contributed by atoms with van der Waals surface area (Å²) in [6.45, 7) is 0. The highest BCUT2D eigenvalue weighted by atomic mass is 32.2. The molecule has 3 N–H and O–H groups in total. The van der Waals surface area contributed by atoms with E-state index in [4.69, 9.17) is 5.14 Å². The first kappa shape index (κ1) is 21.5. The van der Waals surface area contributed by atoms with Crippen LogP contribution in [-0.4, -0.2) is 37.2 Å². The first-order valence-electron chi connectivity index (χ1n) is 10.6. The zero-order valence-electron chi connectivity index (χ0n) is 17.2. The molecular weight excluding hydrogens is 414 g/mol. The standard InChI is InChI=1S/C23H27N3O4S/c24-31(29,30)15-16-7-6-11-19(13-16)25-22(27)21-14-18-10-4-5-12-20(18)26(21)23(28)17-8-2-1-3-9-17/h1-3,6-9,11,13,18,20-21H,4-5,10,12,14-15H2,(H,25,27)(H2,24,29,30). The van der Waals surface area contributed by atoms with Crippen LogP contribution < -0.4 is 10.5 Å². The van der Waals surface area contributed by atoms with Gasteiger partial charge >= 0.3 is 0 Å². The van der Waals surface area contributed by atoms with Crippen LogP contribution >= 0.6 is 0 Å². The monoisotopic (exact) mass is 441 g/mol. The SMILES string of the molecule is NS(=O)(=O)Cc1cccc(NC(=O)C2CC3CCCCC3N2C(=O)c2ccccc2)c1. The minimum Gasteiger partial charge on any atom is -0.324 e. The van der Waals surface area contributed by atoms with E-state index in [1.54, 1.807) is 41.3 Å². The van der Waals surface area contributed by atoms with Gasteiger partial charge in [0.15, 0.2) is 0 Å². The molecule has 2 aromatic carbocycles. The molecule has 164 valence electrons. The second-order valence-corrected chi connectivity index (χ2v) is 10.1. The molecule has 0 bridgehead atoms. The van der Waals surface area contributed by atoms with E-state index >= 15 is 0 Å². The number of rotatable bonds is 5. The van der Waals surface area contributed by atoms with E-state index in [0.717, 1.165) is 25.7 Å². The minimum atomic E-state index is -3.67. The maximum Gasteiger partial charge on any atom is 0.254 e. The van der Waals surface area contributed by atoms with Gasteiger partial charge < -0.3 is 10.2 Å². The number of nitrogens with one attached hydrogen (secondary N) is 1. The molecule has 0 aromatic heterocycles. The number of fused-ring (bicyclic) bond motifs is 1. The van der Waals surface area contributed by atoms with Gasteiger partial charge in [-0.15, -0.1) is 0 Å². The van der Waals surface area contributed by atoms with E-state index in [9.17, 15) is 18.0 Å². The Kier molecular flexibility index (Phi) is 6.11. The molecule has 4 rings (SSSR count). The second kappa shape index (κ2) is 8.80. The maximum absolute atomic E-state index is 13.3. The molecule has 8 heteroatoms. The number of carbonyl (C=O) groups excluding carboxylic acids is 2. The van der Waals surface area contributed by atoms with Gasteiger partial charge in [-0.25, -0.2) is 13.6 Å². The third kappa shape index (κ3) is 4.97. The minimum absolute atomic E-state index is 0.0749. The fourth-order valence-corrected chi connectivity index (χ4v) is 5.56. The average Bonchev–Trinajstić information content (AvgIpc) is 3.12. The van der Waals surface area contributed by atoms with E-state index in [1.807, 2.05) is 18.2 Å². The van der Waals surface area contributed by atoms with Crippen LogP contribution in [-0.2, 0) is 20.6 Å². The lowest BCUT2D eigenvalue weighted by molar-refractivity contribution is -0.120. The van der Waals surface area contributed by atoms with Crippen LogP contribution in [0.25, 0.3) is 0 Å². The molecule has 1 aliphatic heterocycles. The van der Waals surface area contributed by atoms with Gasteiger partial charge in [0.05, 0.1) is 5.75 Å². The molecule has 2 aromatic rings. The summed E-state index contributed by atoms with van der Waals surface area (Å²) < 4.78 is 22.8. The summed E-state index contributed by atoms with van der Waals surface area (Å²) in [4.78, 5) is 28.4. The van der Waals surface area contributed by atoms with Crippen molar-refractivity contribution in [2.45, 2.75) is 49.9 Å². The molecule has 2 amide bonds. The first-order valence-corrected chi connectivity index (χ1v) is 12.3. The van der Waals surface area contributed by atoms with Crippen molar-refractivity contribution in [3.8, 4) is 0 Å². The molecule has 31 heavy (non-hydrogen) atoms. The quantitative estimate of drug-likeness (QED) is 0.743. The average molecular weight is 442 g/mol. The number of carbonyl (C=O) groups is 2. The number of likely N-dealkylation sites (tertiary alicyclic amines) is 1. The van der Waals surface area contributed by atoms with Crippen molar-refractivity contribution in [3.63, 3.8) is 0 Å². The number of anilines is 1. The zero-order chi connectivity index (χ0) is 22.0. The Labute approximate surface area is 182 Å². The van der Waals surface area contributed by atoms with Crippen molar-refractivity contribution in [3.05, 3.63) is 65.7 Å². The number of nitrogens with two attached hydrogens (primary N) is 1. The summed E-state index contributed by atoms with van der Waals surface area (Å²) in [7, 11) is -3.67. The van der Waals surface area contributed by atoms with Crippen molar-refractivity contribution in [2.24, 2.45) is 11.1 Å². The lowest BCUT2D eigenvalue weighted by Gasteiger charge is -2.33. The Hall–Kier alpha value is -2.71. The van der Waals surface area contributed by atoms with Crippen molar-refractivity contribution < 1.29 is 18.0 Å². The number of amides is 2. The van der Waals surface area contributed by atoms with E-state index in [1.165, 1.54) is 0 Å². The van der Waals surface area contributed by atoms with Gasteiger partial charge in [0, 0.05) is 17.3 Å². The highest BCUT2D eigenvalue weighted by Gasteiger charge is 2.47. The Balaban J connectivity index is 1.57. The van der Waals surface area contributed by atoms with Crippen LogP contribution in [0.5, 0.6) is 0 Å². The molecule has 3 atom stereocenters. The summed E-state index contributed by atoms with van der Waals surface area (Å²) in [5.41, 5.74) is 1.58. The van der Waals surface area contributed by atoms with Gasteiger partial charge in [0.25, 0.3) is 5.91 Å². The van der Waals surface area contributed by atoms with E-state index in [2.05, 4.69) is 5.32 Å². The summed E-state index contributed by atoms with van der Waals surface area (Å²) in [5, 5.41) is 8.02. The number of nitrogens with zero attached hydrogens (tertiary/aromatic N) is 1. The van der Waals surface area contributed by atoms with Crippen molar-refractivity contribution in [2.75, 3.05) is 5.32 Å². The van der Waals surface area contributed by atoms with E-state index in [0.29, 0.717) is 29.2 Å². The van der Waals surface area contributed by atoms with E-state index in [-0.39, 0.29) is 23.6 Å². The van der Waals surface area contributed by atoms with Gasteiger partial charge in [-0.05, 0) is 55.0 Å². The smallest absolute Gasteiger partial charge is 0.254 e. The fraction of sp³-hybridized carbons (Fsp3) is 0.391. The maximum atomic E-state index is 13.3. The first-order chi connectivity index (χ1) is 14.8. The van der Waals surface area contributed by atoms with Crippen LogP contribution in [0.15, 0.2) is 54.6 Å². The fourth-order valence-electron chi connectivity index (χ4n) is 4.91. The summed E-state index contributed by atoms with van der Waals surface area (Å²) in [6.07, 6.45) is 4.77. The Morgan fingerprint density at radius 2 is 1.77 bits per heavy atom. The highest BCUT2D eigenvalue weighted by Crippen LogP contribution is 2.40. The topological polar surface area (TPSA) is 110 Å². The molecule has 1 saturated carbocycles. The van der Waals surface area contributed by atoms with Gasteiger partial charge in [-0.2, -0.15) is 0 Å². The van der Waals surface area contributed by atoms with Gasteiger partial charge in [-0.1, -0.05) is 43.2 Å². The van der Waals surface area contributed by atoms with Crippen LogP contribution in [0.4, 0.5) is 5.69 Å². The molecule has 0 radical (unpaired) electrons. The van der Waals surface area contributed by atoms with Crippen LogP contribution in [0, 0.1) is 5.92 Å².